The Labute approximate surface area is 184 Å². The summed E-state index contributed by atoms with van der Waals surface area (Å²) in [5, 5.41) is 6.80. The second kappa shape index (κ2) is 10.0. The highest BCUT2D eigenvalue weighted by molar-refractivity contribution is 5.80. The van der Waals surface area contributed by atoms with Crippen LogP contribution >= 0.6 is 0 Å². The normalized spacial score (nSPS) is 14.1. The lowest BCUT2D eigenvalue weighted by Crippen LogP contribution is -2.44. The molecule has 4 rings (SSSR count). The van der Waals surface area contributed by atoms with E-state index in [9.17, 15) is 0 Å². The Morgan fingerprint density at radius 1 is 0.871 bits per heavy atom. The molecule has 0 amide bonds. The second-order valence-electron chi connectivity index (χ2n) is 7.71. The van der Waals surface area contributed by atoms with Gasteiger partial charge >= 0.3 is 0 Å². The van der Waals surface area contributed by atoms with Gasteiger partial charge in [0.15, 0.2) is 11.5 Å². The Morgan fingerprint density at radius 2 is 1.61 bits per heavy atom. The topological polar surface area (TPSA) is 37.3 Å². The molecule has 3 aromatic carbocycles. The standard InChI is InChI=1S/C26H29N3O2/c1-21-8-11-24(12-9-21)28-14-16-29(17-15-28)27-19-23-10-13-25(26(18-23)30-2)31-20-22-6-4-3-5-7-22/h3-13,18-19H,14-17,20H2,1-2H3. The first-order chi connectivity index (χ1) is 15.2. The molecule has 3 aromatic rings. The Balaban J connectivity index is 1.33. The van der Waals surface area contributed by atoms with Crippen molar-refractivity contribution in [1.82, 2.24) is 5.01 Å². The minimum atomic E-state index is 0.510. The maximum absolute atomic E-state index is 5.94. The minimum absolute atomic E-state index is 0.510. The molecule has 0 spiro atoms. The zero-order valence-electron chi connectivity index (χ0n) is 18.2. The van der Waals surface area contributed by atoms with Crippen LogP contribution in [-0.4, -0.2) is 44.5 Å². The number of hydrazone groups is 1. The van der Waals surface area contributed by atoms with Gasteiger partial charge < -0.3 is 14.4 Å². The van der Waals surface area contributed by atoms with E-state index >= 15 is 0 Å². The van der Waals surface area contributed by atoms with Crippen LogP contribution in [0.5, 0.6) is 11.5 Å². The van der Waals surface area contributed by atoms with Gasteiger partial charge in [0.2, 0.25) is 0 Å². The molecule has 0 radical (unpaired) electrons. The average Bonchev–Trinajstić information content (AvgIpc) is 2.83. The number of hydrogen-bond acceptors (Lipinski definition) is 5. The highest BCUT2D eigenvalue weighted by Gasteiger charge is 2.15. The fourth-order valence-electron chi connectivity index (χ4n) is 3.59. The summed E-state index contributed by atoms with van der Waals surface area (Å²) in [5.74, 6) is 1.44. The van der Waals surface area contributed by atoms with Crippen LogP contribution in [0, 0.1) is 6.92 Å². The largest absolute Gasteiger partial charge is 0.493 e. The third kappa shape index (κ3) is 5.57. The highest BCUT2D eigenvalue weighted by atomic mass is 16.5. The van der Waals surface area contributed by atoms with Crippen molar-refractivity contribution < 1.29 is 9.47 Å². The quantitative estimate of drug-likeness (QED) is 0.523. The van der Waals surface area contributed by atoms with E-state index in [4.69, 9.17) is 9.47 Å². The van der Waals surface area contributed by atoms with Crippen molar-refractivity contribution in [3.05, 3.63) is 89.5 Å². The molecule has 1 heterocycles. The molecule has 5 nitrogen and oxygen atoms in total. The molecule has 5 heteroatoms. The second-order valence-corrected chi connectivity index (χ2v) is 7.71. The van der Waals surface area contributed by atoms with Gasteiger partial charge in [0, 0.05) is 18.8 Å². The van der Waals surface area contributed by atoms with Crippen molar-refractivity contribution in [2.45, 2.75) is 13.5 Å². The van der Waals surface area contributed by atoms with Crippen molar-refractivity contribution >= 4 is 11.9 Å². The molecule has 1 saturated heterocycles. The number of ether oxygens (including phenoxy) is 2. The van der Waals surface area contributed by atoms with Gasteiger partial charge in [-0.15, -0.1) is 0 Å². The zero-order valence-corrected chi connectivity index (χ0v) is 18.2. The number of rotatable bonds is 7. The smallest absolute Gasteiger partial charge is 0.161 e. The van der Waals surface area contributed by atoms with Crippen LogP contribution in [0.1, 0.15) is 16.7 Å². The van der Waals surface area contributed by atoms with E-state index < -0.39 is 0 Å². The van der Waals surface area contributed by atoms with E-state index in [2.05, 4.69) is 46.2 Å². The minimum Gasteiger partial charge on any atom is -0.493 e. The summed E-state index contributed by atoms with van der Waals surface area (Å²) in [6.45, 7) is 6.37. The monoisotopic (exact) mass is 415 g/mol. The molecule has 0 atom stereocenters. The first kappa shape index (κ1) is 20.8. The zero-order chi connectivity index (χ0) is 21.5. The molecule has 1 aliphatic rings. The number of anilines is 1. The van der Waals surface area contributed by atoms with Crippen LogP contribution in [0.15, 0.2) is 77.9 Å². The molecule has 1 fully saturated rings. The molecular weight excluding hydrogens is 386 g/mol. The number of methoxy groups -OCH3 is 1. The van der Waals surface area contributed by atoms with Crippen molar-refractivity contribution in [2.75, 3.05) is 38.2 Å². The van der Waals surface area contributed by atoms with Crippen LogP contribution in [0.25, 0.3) is 0 Å². The first-order valence-corrected chi connectivity index (χ1v) is 10.7. The van der Waals surface area contributed by atoms with E-state index in [1.807, 2.05) is 54.7 Å². The van der Waals surface area contributed by atoms with Gasteiger partial charge in [0.1, 0.15) is 6.61 Å². The van der Waals surface area contributed by atoms with Crippen molar-refractivity contribution in [3.8, 4) is 11.5 Å². The molecule has 0 bridgehead atoms. The molecule has 1 aliphatic heterocycles. The summed E-state index contributed by atoms with van der Waals surface area (Å²) >= 11 is 0. The Morgan fingerprint density at radius 3 is 2.32 bits per heavy atom. The Kier molecular flexibility index (Phi) is 6.72. The summed E-state index contributed by atoms with van der Waals surface area (Å²) in [6.07, 6.45) is 1.89. The van der Waals surface area contributed by atoms with Crippen molar-refractivity contribution in [2.24, 2.45) is 5.10 Å². The molecule has 0 aromatic heterocycles. The van der Waals surface area contributed by atoms with Gasteiger partial charge in [-0.05, 0) is 48.4 Å². The van der Waals surface area contributed by atoms with Gasteiger partial charge in [-0.25, -0.2) is 0 Å². The van der Waals surface area contributed by atoms with E-state index in [1.54, 1.807) is 7.11 Å². The number of piperazine rings is 1. The predicted molar refractivity (Wildman–Crippen MR) is 126 cm³/mol. The summed E-state index contributed by atoms with van der Waals surface area (Å²) in [6, 6.07) is 24.8. The van der Waals surface area contributed by atoms with Crippen LogP contribution in [0.2, 0.25) is 0 Å². The fraction of sp³-hybridized carbons (Fsp3) is 0.269. The van der Waals surface area contributed by atoms with Gasteiger partial charge in [-0.3, -0.25) is 5.01 Å². The summed E-state index contributed by atoms with van der Waals surface area (Å²) in [5.41, 5.74) is 4.69. The average molecular weight is 416 g/mol. The van der Waals surface area contributed by atoms with Gasteiger partial charge in [0.25, 0.3) is 0 Å². The lowest BCUT2D eigenvalue weighted by Gasteiger charge is -2.34. The summed E-state index contributed by atoms with van der Waals surface area (Å²) in [7, 11) is 1.66. The number of nitrogens with zero attached hydrogens (tertiary/aromatic N) is 3. The maximum Gasteiger partial charge on any atom is 0.161 e. The third-order valence-electron chi connectivity index (χ3n) is 5.45. The lowest BCUT2D eigenvalue weighted by atomic mass is 10.2. The van der Waals surface area contributed by atoms with Gasteiger partial charge in [0.05, 0.1) is 26.4 Å². The molecule has 0 N–H and O–H groups in total. The van der Waals surface area contributed by atoms with Crippen LogP contribution in [0.3, 0.4) is 0 Å². The van der Waals surface area contributed by atoms with E-state index in [0.29, 0.717) is 12.4 Å². The molecule has 0 unspecified atom stereocenters. The van der Waals surface area contributed by atoms with Gasteiger partial charge in [-0.2, -0.15) is 5.10 Å². The number of benzene rings is 3. The maximum atomic E-state index is 5.94. The molecule has 160 valence electrons. The SMILES string of the molecule is COc1cc(C=NN2CCN(c3ccc(C)cc3)CC2)ccc1OCc1ccccc1. The summed E-state index contributed by atoms with van der Waals surface area (Å²) < 4.78 is 11.5. The van der Waals surface area contributed by atoms with E-state index in [0.717, 1.165) is 43.1 Å². The third-order valence-corrected chi connectivity index (χ3v) is 5.45. The fourth-order valence-corrected chi connectivity index (χ4v) is 3.59. The first-order valence-electron chi connectivity index (χ1n) is 10.7. The summed E-state index contributed by atoms with van der Waals surface area (Å²) in [4.78, 5) is 2.41. The number of aryl methyl sites for hydroxylation is 1. The predicted octanol–water partition coefficient (Wildman–Crippen LogP) is 4.74. The molecule has 0 aliphatic carbocycles. The van der Waals surface area contributed by atoms with Crippen LogP contribution in [0.4, 0.5) is 5.69 Å². The Bertz CT molecular complexity index is 995. The van der Waals surface area contributed by atoms with Crippen molar-refractivity contribution in [3.63, 3.8) is 0 Å². The molecule has 0 saturated carbocycles. The van der Waals surface area contributed by atoms with Crippen LogP contribution in [-0.2, 0) is 6.61 Å². The molecular formula is C26H29N3O2. The van der Waals surface area contributed by atoms with E-state index in [1.165, 1.54) is 11.3 Å². The van der Waals surface area contributed by atoms with Crippen molar-refractivity contribution in [1.29, 1.82) is 0 Å². The van der Waals surface area contributed by atoms with Gasteiger partial charge in [-0.1, -0.05) is 48.0 Å². The lowest BCUT2D eigenvalue weighted by molar-refractivity contribution is 0.272. The van der Waals surface area contributed by atoms with E-state index in [-0.39, 0.29) is 0 Å². The molecule has 31 heavy (non-hydrogen) atoms. The Hall–Kier alpha value is -3.47. The highest BCUT2D eigenvalue weighted by Crippen LogP contribution is 2.28. The van der Waals surface area contributed by atoms with Crippen LogP contribution < -0.4 is 14.4 Å². The number of hydrogen-bond donors (Lipinski definition) is 0.